The van der Waals surface area contributed by atoms with E-state index in [-0.39, 0.29) is 13.3 Å². The molecule has 1 aromatic carbocycles. The molecule has 2 aliphatic rings. The number of rotatable bonds is 5. The number of fused-ring (bicyclic) bond motifs is 2. The maximum Gasteiger partial charge on any atom is 0.252 e. The van der Waals surface area contributed by atoms with Crippen LogP contribution in [0.1, 0.15) is 68.3 Å². The molecule has 3 rings (SSSR count). The summed E-state index contributed by atoms with van der Waals surface area (Å²) in [5, 5.41) is 3.69. The largest absolute Gasteiger partial charge is 0.351 e. The molecule has 0 unspecified atom stereocenters. The van der Waals surface area contributed by atoms with Crippen molar-refractivity contribution >= 4 is 17.5 Å². The van der Waals surface area contributed by atoms with E-state index >= 15 is 0 Å². The summed E-state index contributed by atoms with van der Waals surface area (Å²) in [5.74, 6) is 0.835. The number of hydrogen-bond acceptors (Lipinski definition) is 2. The van der Waals surface area contributed by atoms with Gasteiger partial charge in [-0.25, -0.2) is 0 Å². The summed E-state index contributed by atoms with van der Waals surface area (Å²) in [4.78, 5) is 12.6. The zero-order valence-corrected chi connectivity index (χ0v) is 14.5. The van der Waals surface area contributed by atoms with Crippen molar-refractivity contribution in [3.05, 3.63) is 34.3 Å². The minimum absolute atomic E-state index is 0. The summed E-state index contributed by atoms with van der Waals surface area (Å²) in [6, 6.07) is 5.63. The lowest BCUT2D eigenvalue weighted by atomic mass is 9.62. The van der Waals surface area contributed by atoms with Crippen LogP contribution in [0.25, 0.3) is 0 Å². The highest BCUT2D eigenvalue weighted by molar-refractivity contribution is 6.33. The second kappa shape index (κ2) is 8.35. The van der Waals surface area contributed by atoms with Crippen molar-refractivity contribution in [1.82, 2.24) is 5.32 Å². The minimum atomic E-state index is -0.0454. The molecule has 0 radical (unpaired) electrons. The Hall–Kier alpha value is -1.06. The number of nitrogens with one attached hydrogen (secondary N) is 1. The molecule has 24 heavy (non-hydrogen) atoms. The SMILES string of the molecule is C.NCCc1ccc(Cl)c(C(=O)NCC23CCCC(CCC2)C3)c1. The Morgan fingerprint density at radius 2 is 2.00 bits per heavy atom. The molecule has 2 bridgehead atoms. The van der Waals surface area contributed by atoms with Crippen molar-refractivity contribution in [2.45, 2.75) is 58.8 Å². The molecule has 0 atom stereocenters. The fraction of sp³-hybridized carbons (Fsp3) is 0.650. The van der Waals surface area contributed by atoms with Crippen molar-refractivity contribution in [3.8, 4) is 0 Å². The van der Waals surface area contributed by atoms with Gasteiger partial charge in [-0.3, -0.25) is 4.79 Å². The molecule has 4 heteroatoms. The Balaban J connectivity index is 0.00000208. The second-order valence-electron chi connectivity index (χ2n) is 7.39. The zero-order chi connectivity index (χ0) is 16.3. The van der Waals surface area contributed by atoms with Crippen LogP contribution in [0.2, 0.25) is 5.02 Å². The summed E-state index contributed by atoms with van der Waals surface area (Å²) >= 11 is 6.22. The lowest BCUT2D eigenvalue weighted by Gasteiger charge is -2.45. The third kappa shape index (κ3) is 4.31. The van der Waals surface area contributed by atoms with E-state index in [9.17, 15) is 4.79 Å². The molecule has 3 N–H and O–H groups in total. The summed E-state index contributed by atoms with van der Waals surface area (Å²) < 4.78 is 0. The molecule has 2 aliphatic carbocycles. The smallest absolute Gasteiger partial charge is 0.252 e. The zero-order valence-electron chi connectivity index (χ0n) is 13.7. The van der Waals surface area contributed by atoms with Crippen molar-refractivity contribution in [2.75, 3.05) is 13.1 Å². The van der Waals surface area contributed by atoms with Crippen LogP contribution in [-0.2, 0) is 6.42 Å². The molecule has 2 saturated carbocycles. The van der Waals surface area contributed by atoms with Crippen LogP contribution in [0, 0.1) is 11.3 Å². The summed E-state index contributed by atoms with van der Waals surface area (Å²) in [5.41, 5.74) is 7.58. The van der Waals surface area contributed by atoms with E-state index in [0.717, 1.165) is 24.4 Å². The van der Waals surface area contributed by atoms with Gasteiger partial charge in [0.1, 0.15) is 0 Å². The molecule has 0 aliphatic heterocycles. The second-order valence-corrected chi connectivity index (χ2v) is 7.80. The average Bonchev–Trinajstić information content (AvgIpc) is 2.55. The number of benzene rings is 1. The fourth-order valence-corrected chi connectivity index (χ4v) is 4.71. The number of carbonyl (C=O) groups excluding carboxylic acids is 1. The first-order chi connectivity index (χ1) is 11.1. The maximum atomic E-state index is 12.6. The molecule has 134 valence electrons. The quantitative estimate of drug-likeness (QED) is 0.817. The van der Waals surface area contributed by atoms with Gasteiger partial charge in [0.25, 0.3) is 5.91 Å². The molecule has 3 nitrogen and oxygen atoms in total. The first-order valence-electron chi connectivity index (χ1n) is 8.89. The van der Waals surface area contributed by atoms with Crippen LogP contribution in [-0.4, -0.2) is 19.0 Å². The van der Waals surface area contributed by atoms with Gasteiger partial charge in [0.15, 0.2) is 0 Å². The van der Waals surface area contributed by atoms with Crippen LogP contribution in [0.5, 0.6) is 0 Å². The lowest BCUT2D eigenvalue weighted by molar-refractivity contribution is 0.0682. The van der Waals surface area contributed by atoms with Crippen LogP contribution in [0.4, 0.5) is 0 Å². The van der Waals surface area contributed by atoms with E-state index in [1.54, 1.807) is 6.07 Å². The highest BCUT2D eigenvalue weighted by Gasteiger charge is 2.39. The van der Waals surface area contributed by atoms with Gasteiger partial charge in [0.2, 0.25) is 0 Å². The monoisotopic (exact) mass is 350 g/mol. The molecule has 1 amide bonds. The molecule has 0 saturated heterocycles. The van der Waals surface area contributed by atoms with E-state index in [0.29, 0.717) is 22.5 Å². The van der Waals surface area contributed by atoms with Gasteiger partial charge in [0.05, 0.1) is 10.6 Å². The third-order valence-electron chi connectivity index (χ3n) is 5.69. The van der Waals surface area contributed by atoms with Gasteiger partial charge in [-0.1, -0.05) is 50.8 Å². The Bertz CT molecular complexity index is 563. The third-order valence-corrected chi connectivity index (χ3v) is 6.02. The molecule has 0 heterocycles. The predicted molar refractivity (Wildman–Crippen MR) is 102 cm³/mol. The van der Waals surface area contributed by atoms with Gasteiger partial charge in [-0.05, 0) is 61.3 Å². The topological polar surface area (TPSA) is 55.1 Å². The van der Waals surface area contributed by atoms with Crippen molar-refractivity contribution in [3.63, 3.8) is 0 Å². The van der Waals surface area contributed by atoms with Crippen LogP contribution >= 0.6 is 11.6 Å². The number of hydrogen-bond donors (Lipinski definition) is 2. The predicted octanol–water partition coefficient (Wildman–Crippen LogP) is 4.57. The van der Waals surface area contributed by atoms with E-state index < -0.39 is 0 Å². The first kappa shape index (κ1) is 19.3. The average molecular weight is 351 g/mol. The van der Waals surface area contributed by atoms with E-state index in [4.69, 9.17) is 17.3 Å². The van der Waals surface area contributed by atoms with E-state index in [1.807, 2.05) is 12.1 Å². The summed E-state index contributed by atoms with van der Waals surface area (Å²) in [6.45, 7) is 1.37. The van der Waals surface area contributed by atoms with Gasteiger partial charge in [-0.2, -0.15) is 0 Å². The molecular weight excluding hydrogens is 320 g/mol. The van der Waals surface area contributed by atoms with Crippen LogP contribution < -0.4 is 11.1 Å². The van der Waals surface area contributed by atoms with Gasteiger partial charge < -0.3 is 11.1 Å². The van der Waals surface area contributed by atoms with Gasteiger partial charge in [-0.15, -0.1) is 0 Å². The molecule has 2 fully saturated rings. The van der Waals surface area contributed by atoms with Gasteiger partial charge >= 0.3 is 0 Å². The first-order valence-corrected chi connectivity index (χ1v) is 9.26. The van der Waals surface area contributed by atoms with Crippen molar-refractivity contribution in [1.29, 1.82) is 0 Å². The number of nitrogens with two attached hydrogens (primary N) is 1. The Labute approximate surface area is 151 Å². The molecule has 0 aromatic heterocycles. The number of carbonyl (C=O) groups is 1. The summed E-state index contributed by atoms with van der Waals surface area (Å²) in [7, 11) is 0. The lowest BCUT2D eigenvalue weighted by Crippen LogP contribution is -2.43. The van der Waals surface area contributed by atoms with E-state index in [1.165, 1.54) is 44.9 Å². The van der Waals surface area contributed by atoms with Crippen LogP contribution in [0.3, 0.4) is 0 Å². The molecular formula is C20H31ClN2O. The van der Waals surface area contributed by atoms with Crippen molar-refractivity contribution < 1.29 is 4.79 Å². The highest BCUT2D eigenvalue weighted by Crippen LogP contribution is 2.48. The Morgan fingerprint density at radius 3 is 2.67 bits per heavy atom. The summed E-state index contributed by atoms with van der Waals surface area (Å²) in [6.07, 6.45) is 9.94. The highest BCUT2D eigenvalue weighted by atomic mass is 35.5. The Morgan fingerprint density at radius 1 is 1.29 bits per heavy atom. The number of halogens is 1. The standard InChI is InChI=1S/C19H27ClN2O.CH4/c20-17-6-5-14(7-10-21)11-16(17)18(23)22-13-19-8-1-3-15(12-19)4-2-9-19;/h5-6,11,15H,1-4,7-10,12-13,21H2,(H,22,23);1H4. The minimum Gasteiger partial charge on any atom is -0.351 e. The number of amides is 1. The van der Waals surface area contributed by atoms with Crippen LogP contribution in [0.15, 0.2) is 18.2 Å². The maximum absolute atomic E-state index is 12.6. The normalized spacial score (nSPS) is 25.7. The fourth-order valence-electron chi connectivity index (χ4n) is 4.50. The molecule has 1 aromatic rings. The molecule has 0 spiro atoms. The van der Waals surface area contributed by atoms with Crippen molar-refractivity contribution in [2.24, 2.45) is 17.1 Å². The van der Waals surface area contributed by atoms with E-state index in [2.05, 4.69) is 5.32 Å². The Kier molecular flexibility index (Phi) is 6.70. The van der Waals surface area contributed by atoms with Gasteiger partial charge in [0, 0.05) is 6.54 Å².